The second-order valence-corrected chi connectivity index (χ2v) is 7.95. The lowest BCUT2D eigenvalue weighted by molar-refractivity contribution is -0.140. The zero-order valence-corrected chi connectivity index (χ0v) is 18.7. The summed E-state index contributed by atoms with van der Waals surface area (Å²) in [5.41, 5.74) is 2.52. The average Bonchev–Trinajstić information content (AvgIpc) is 2.80. The summed E-state index contributed by atoms with van der Waals surface area (Å²) in [4.78, 5) is 26.6. The number of carbonyl (C=O) groups excluding carboxylic acids is 1. The number of benzene rings is 2. The highest BCUT2D eigenvalue weighted by molar-refractivity contribution is 5.83. The topological polar surface area (TPSA) is 88.1 Å². The van der Waals surface area contributed by atoms with Gasteiger partial charge in [-0.05, 0) is 53.3 Å². The zero-order chi connectivity index (χ0) is 23.4. The fourth-order valence-electron chi connectivity index (χ4n) is 4.07. The number of hydrogen-bond acceptors (Lipinski definition) is 4. The maximum absolute atomic E-state index is 13.6. The number of urea groups is 1. The molecule has 1 heterocycles. The molecule has 0 radical (unpaired) electrons. The molecule has 3 rings (SSSR count). The summed E-state index contributed by atoms with van der Waals surface area (Å²) in [6.45, 7) is 4.03. The van der Waals surface area contributed by atoms with E-state index in [2.05, 4.69) is 5.32 Å². The number of nitrogens with zero attached hydrogens (tertiary/aromatic N) is 1. The van der Waals surface area contributed by atoms with Crippen molar-refractivity contribution in [3.05, 3.63) is 58.9 Å². The normalized spacial score (nSPS) is 17.2. The Kier molecular flexibility index (Phi) is 7.22. The largest absolute Gasteiger partial charge is 0.493 e. The van der Waals surface area contributed by atoms with Gasteiger partial charge in [0.15, 0.2) is 11.5 Å². The van der Waals surface area contributed by atoms with Crippen molar-refractivity contribution in [1.82, 2.24) is 10.2 Å². The molecule has 0 saturated carbocycles. The maximum Gasteiger partial charge on any atom is 0.326 e. The van der Waals surface area contributed by atoms with Crippen LogP contribution >= 0.6 is 0 Å². The first-order valence-corrected chi connectivity index (χ1v) is 10.6. The van der Waals surface area contributed by atoms with E-state index < -0.39 is 24.1 Å². The summed E-state index contributed by atoms with van der Waals surface area (Å²) < 4.78 is 24.5. The van der Waals surface area contributed by atoms with Gasteiger partial charge >= 0.3 is 12.0 Å². The molecule has 2 aromatic carbocycles. The molecule has 0 fully saturated rings. The quantitative estimate of drug-likeness (QED) is 0.674. The van der Waals surface area contributed by atoms with Crippen LogP contribution in [-0.4, -0.2) is 48.8 Å². The Balaban J connectivity index is 2.05. The van der Waals surface area contributed by atoms with Gasteiger partial charge < -0.3 is 24.8 Å². The number of amides is 2. The van der Waals surface area contributed by atoms with Gasteiger partial charge in [0.25, 0.3) is 0 Å². The Labute approximate surface area is 187 Å². The lowest BCUT2D eigenvalue weighted by Gasteiger charge is -2.39. The fraction of sp³-hybridized carbons (Fsp3) is 0.417. The van der Waals surface area contributed by atoms with Crippen LogP contribution in [0.1, 0.15) is 43.0 Å². The first-order valence-electron chi connectivity index (χ1n) is 10.6. The molecule has 8 heteroatoms. The standard InChI is InChI=1S/C24H29FN2O5/c1-5-14(2)21(23(28)29)26-24(30)27-11-10-16-12-19(31-3)20(32-4)13-18(16)22(27)15-6-8-17(25)9-7-15/h6-9,12-14,21-22H,5,10-11H2,1-4H3,(H,26,30)(H,28,29)/t14-,21-,22+/m0/s1. The highest BCUT2D eigenvalue weighted by Crippen LogP contribution is 2.41. The van der Waals surface area contributed by atoms with Gasteiger partial charge in [0, 0.05) is 6.54 Å². The Bertz CT molecular complexity index is 979. The van der Waals surface area contributed by atoms with Crippen LogP contribution in [0.15, 0.2) is 36.4 Å². The molecule has 2 aromatic rings. The second kappa shape index (κ2) is 9.89. The zero-order valence-electron chi connectivity index (χ0n) is 18.7. The second-order valence-electron chi connectivity index (χ2n) is 7.95. The van der Waals surface area contributed by atoms with Crippen molar-refractivity contribution in [3.8, 4) is 11.5 Å². The van der Waals surface area contributed by atoms with E-state index >= 15 is 0 Å². The summed E-state index contributed by atoms with van der Waals surface area (Å²) in [6.07, 6.45) is 1.17. The van der Waals surface area contributed by atoms with Gasteiger partial charge in [0.2, 0.25) is 0 Å². The van der Waals surface area contributed by atoms with E-state index in [9.17, 15) is 19.1 Å². The minimum atomic E-state index is -1.07. The molecule has 0 bridgehead atoms. The number of hydrogen-bond donors (Lipinski definition) is 2. The number of ether oxygens (including phenoxy) is 2. The van der Waals surface area contributed by atoms with Crippen molar-refractivity contribution >= 4 is 12.0 Å². The highest BCUT2D eigenvalue weighted by Gasteiger charge is 2.36. The molecule has 0 aliphatic carbocycles. The number of fused-ring (bicyclic) bond motifs is 1. The Hall–Kier alpha value is -3.29. The maximum atomic E-state index is 13.6. The van der Waals surface area contributed by atoms with Crippen LogP contribution in [0.25, 0.3) is 0 Å². The molecule has 1 aliphatic heterocycles. The van der Waals surface area contributed by atoms with E-state index in [1.165, 1.54) is 19.2 Å². The molecule has 0 unspecified atom stereocenters. The van der Waals surface area contributed by atoms with Gasteiger partial charge in [-0.3, -0.25) is 0 Å². The highest BCUT2D eigenvalue weighted by atomic mass is 19.1. The van der Waals surface area contributed by atoms with Crippen LogP contribution in [0, 0.1) is 11.7 Å². The molecule has 0 aromatic heterocycles. The van der Waals surface area contributed by atoms with E-state index in [0.717, 1.165) is 11.1 Å². The number of rotatable bonds is 7. The Morgan fingerprint density at radius 2 is 1.81 bits per heavy atom. The molecule has 7 nitrogen and oxygen atoms in total. The van der Waals surface area contributed by atoms with E-state index in [-0.39, 0.29) is 11.7 Å². The summed E-state index contributed by atoms with van der Waals surface area (Å²) in [5.74, 6) is -0.582. The van der Waals surface area contributed by atoms with Crippen LogP contribution < -0.4 is 14.8 Å². The van der Waals surface area contributed by atoms with Gasteiger partial charge in [0.1, 0.15) is 11.9 Å². The molecule has 3 atom stereocenters. The molecule has 0 spiro atoms. The van der Waals surface area contributed by atoms with Crippen molar-refractivity contribution in [2.24, 2.45) is 5.92 Å². The monoisotopic (exact) mass is 444 g/mol. The van der Waals surface area contributed by atoms with Gasteiger partial charge in [-0.15, -0.1) is 0 Å². The third-order valence-electron chi connectivity index (χ3n) is 6.08. The third-order valence-corrected chi connectivity index (χ3v) is 6.08. The number of halogens is 1. The third kappa shape index (κ3) is 4.64. The smallest absolute Gasteiger partial charge is 0.326 e. The van der Waals surface area contributed by atoms with Gasteiger partial charge in [-0.2, -0.15) is 0 Å². The molecular weight excluding hydrogens is 415 g/mol. The molecule has 1 aliphatic rings. The van der Waals surface area contributed by atoms with Crippen LogP contribution in [-0.2, 0) is 11.2 Å². The van der Waals surface area contributed by atoms with Crippen molar-refractivity contribution < 1.29 is 28.6 Å². The molecule has 32 heavy (non-hydrogen) atoms. The summed E-state index contributed by atoms with van der Waals surface area (Å²) >= 11 is 0. The predicted molar refractivity (Wildman–Crippen MR) is 118 cm³/mol. The van der Waals surface area contributed by atoms with Crippen molar-refractivity contribution in [1.29, 1.82) is 0 Å². The first kappa shape index (κ1) is 23.4. The average molecular weight is 445 g/mol. The number of carboxylic acids is 1. The number of methoxy groups -OCH3 is 2. The van der Waals surface area contributed by atoms with E-state index in [4.69, 9.17) is 9.47 Å². The number of carboxylic acid groups (broad SMARTS) is 1. The van der Waals surface area contributed by atoms with Gasteiger partial charge in [-0.25, -0.2) is 14.0 Å². The van der Waals surface area contributed by atoms with Crippen molar-refractivity contribution in [3.63, 3.8) is 0 Å². The van der Waals surface area contributed by atoms with Crippen LogP contribution in [0.5, 0.6) is 11.5 Å². The van der Waals surface area contributed by atoms with E-state index in [0.29, 0.717) is 36.4 Å². The lowest BCUT2D eigenvalue weighted by atomic mass is 9.87. The molecule has 172 valence electrons. The van der Waals surface area contributed by atoms with Crippen molar-refractivity contribution in [2.45, 2.75) is 38.8 Å². The number of aliphatic carboxylic acids is 1. The van der Waals surface area contributed by atoms with Crippen LogP contribution in [0.4, 0.5) is 9.18 Å². The molecule has 2 amide bonds. The lowest BCUT2D eigenvalue weighted by Crippen LogP contribution is -2.53. The SMILES string of the molecule is CC[C@H](C)[C@H](NC(=O)N1CCc2cc(OC)c(OC)cc2[C@H]1c1ccc(F)cc1)C(=O)O. The van der Waals surface area contributed by atoms with Gasteiger partial charge in [-0.1, -0.05) is 32.4 Å². The van der Waals surface area contributed by atoms with Crippen LogP contribution in [0.3, 0.4) is 0 Å². The summed E-state index contributed by atoms with van der Waals surface area (Å²) in [7, 11) is 3.10. The summed E-state index contributed by atoms with van der Waals surface area (Å²) in [6, 6.07) is 7.65. The van der Waals surface area contributed by atoms with Gasteiger partial charge in [0.05, 0.1) is 20.3 Å². The Morgan fingerprint density at radius 1 is 1.19 bits per heavy atom. The fourth-order valence-corrected chi connectivity index (χ4v) is 4.07. The number of nitrogens with one attached hydrogen (secondary N) is 1. The predicted octanol–water partition coefficient (Wildman–Crippen LogP) is 4.00. The molecule has 0 saturated heterocycles. The minimum absolute atomic E-state index is 0.234. The van der Waals surface area contributed by atoms with E-state index in [1.807, 2.05) is 19.1 Å². The van der Waals surface area contributed by atoms with Crippen molar-refractivity contribution in [2.75, 3.05) is 20.8 Å². The molecular formula is C24H29FN2O5. The molecule has 2 N–H and O–H groups in total. The Morgan fingerprint density at radius 3 is 2.38 bits per heavy atom. The number of carbonyl (C=O) groups is 2. The van der Waals surface area contributed by atoms with E-state index in [1.54, 1.807) is 31.1 Å². The first-order chi connectivity index (χ1) is 15.3. The summed E-state index contributed by atoms with van der Waals surface area (Å²) in [5, 5.41) is 12.3. The minimum Gasteiger partial charge on any atom is -0.493 e. The van der Waals surface area contributed by atoms with Crippen LogP contribution in [0.2, 0.25) is 0 Å².